The van der Waals surface area contributed by atoms with Crippen molar-refractivity contribution in [2.24, 2.45) is 4.99 Å². The van der Waals surface area contributed by atoms with Gasteiger partial charge in [0.25, 0.3) is 5.56 Å². The van der Waals surface area contributed by atoms with E-state index in [9.17, 15) is 4.79 Å². The standard InChI is InChI=1S/C25H21N7O/c1-31(2)17-29-22-14-27-25(28-15-22)21-5-3-4-19(12-21)16-32-24(33)11-10-23(30-32)20-8-6-18(13-26)7-9-20/h3-12,14-15,17H,16H2,1-2H3/b29-17-. The number of hydrogen-bond acceptors (Lipinski definition) is 6. The molecule has 0 saturated heterocycles. The van der Waals surface area contributed by atoms with Gasteiger partial charge in [-0.25, -0.2) is 19.6 Å². The lowest BCUT2D eigenvalue weighted by Gasteiger charge is -2.09. The molecule has 0 aliphatic rings. The van der Waals surface area contributed by atoms with Crippen LogP contribution in [0.5, 0.6) is 0 Å². The van der Waals surface area contributed by atoms with Crippen molar-refractivity contribution in [2.45, 2.75) is 6.54 Å². The monoisotopic (exact) mass is 435 g/mol. The minimum absolute atomic E-state index is 0.197. The maximum Gasteiger partial charge on any atom is 0.267 e. The van der Waals surface area contributed by atoms with Crippen molar-refractivity contribution in [3.8, 4) is 28.7 Å². The van der Waals surface area contributed by atoms with Gasteiger partial charge in [-0.15, -0.1) is 0 Å². The summed E-state index contributed by atoms with van der Waals surface area (Å²) in [5.74, 6) is 0.576. The van der Waals surface area contributed by atoms with Crippen molar-refractivity contribution in [3.05, 3.63) is 94.5 Å². The van der Waals surface area contributed by atoms with Crippen LogP contribution in [0.3, 0.4) is 0 Å². The molecule has 0 saturated carbocycles. The van der Waals surface area contributed by atoms with Crippen molar-refractivity contribution in [1.29, 1.82) is 5.26 Å². The van der Waals surface area contributed by atoms with E-state index < -0.39 is 0 Å². The van der Waals surface area contributed by atoms with E-state index in [1.54, 1.807) is 36.9 Å². The molecule has 2 aromatic carbocycles. The van der Waals surface area contributed by atoms with E-state index in [1.807, 2.05) is 55.4 Å². The Morgan fingerprint density at radius 1 is 1.03 bits per heavy atom. The summed E-state index contributed by atoms with van der Waals surface area (Å²) in [4.78, 5) is 27.4. The van der Waals surface area contributed by atoms with E-state index in [2.05, 4.69) is 26.1 Å². The molecule has 0 N–H and O–H groups in total. The van der Waals surface area contributed by atoms with Gasteiger partial charge < -0.3 is 4.90 Å². The highest BCUT2D eigenvalue weighted by molar-refractivity contribution is 5.62. The average Bonchev–Trinajstić information content (AvgIpc) is 2.85. The molecule has 4 aromatic rings. The highest BCUT2D eigenvalue weighted by Crippen LogP contribution is 2.19. The molecule has 0 aliphatic heterocycles. The summed E-state index contributed by atoms with van der Waals surface area (Å²) in [5, 5.41) is 13.5. The molecule has 0 fully saturated rings. The van der Waals surface area contributed by atoms with Crippen LogP contribution in [0.25, 0.3) is 22.6 Å². The fraction of sp³-hybridized carbons (Fsp3) is 0.120. The van der Waals surface area contributed by atoms with Crippen molar-refractivity contribution in [3.63, 3.8) is 0 Å². The molecular formula is C25H21N7O. The first-order chi connectivity index (χ1) is 16.0. The molecule has 0 unspecified atom stereocenters. The third-order valence-corrected chi connectivity index (χ3v) is 4.77. The Bertz CT molecular complexity index is 1380. The van der Waals surface area contributed by atoms with Crippen LogP contribution < -0.4 is 5.56 Å². The maximum atomic E-state index is 12.4. The minimum Gasteiger partial charge on any atom is -0.369 e. The lowest BCUT2D eigenvalue weighted by molar-refractivity contribution is 0.643. The highest BCUT2D eigenvalue weighted by atomic mass is 16.1. The second kappa shape index (κ2) is 9.66. The van der Waals surface area contributed by atoms with Gasteiger partial charge in [0.1, 0.15) is 5.69 Å². The largest absolute Gasteiger partial charge is 0.369 e. The Morgan fingerprint density at radius 2 is 1.79 bits per heavy atom. The molecule has 0 amide bonds. The predicted molar refractivity (Wildman–Crippen MR) is 127 cm³/mol. The Balaban J connectivity index is 1.57. The summed E-state index contributed by atoms with van der Waals surface area (Å²) in [6.07, 6.45) is 5.03. The molecule has 33 heavy (non-hydrogen) atoms. The van der Waals surface area contributed by atoms with Crippen molar-refractivity contribution in [2.75, 3.05) is 14.1 Å². The molecule has 2 aromatic heterocycles. The zero-order valence-electron chi connectivity index (χ0n) is 18.3. The SMILES string of the molecule is CN(C)/C=N\c1cnc(-c2cccc(Cn3nc(-c4ccc(C#N)cc4)ccc3=O)c2)nc1. The molecule has 8 heteroatoms. The maximum absolute atomic E-state index is 12.4. The summed E-state index contributed by atoms with van der Waals surface area (Å²) >= 11 is 0. The van der Waals surface area contributed by atoms with Gasteiger partial charge in [0, 0.05) is 31.3 Å². The second-order valence-corrected chi connectivity index (χ2v) is 7.58. The van der Waals surface area contributed by atoms with Gasteiger partial charge >= 0.3 is 0 Å². The van der Waals surface area contributed by atoms with Gasteiger partial charge in [0.05, 0.1) is 42.6 Å². The van der Waals surface area contributed by atoms with E-state index in [-0.39, 0.29) is 5.56 Å². The van der Waals surface area contributed by atoms with Gasteiger partial charge in [-0.1, -0.05) is 30.3 Å². The number of nitrogens with zero attached hydrogens (tertiary/aromatic N) is 7. The molecule has 0 atom stereocenters. The predicted octanol–water partition coefficient (Wildman–Crippen LogP) is 3.51. The average molecular weight is 435 g/mol. The fourth-order valence-corrected chi connectivity index (χ4v) is 3.13. The first-order valence-corrected chi connectivity index (χ1v) is 10.2. The van der Waals surface area contributed by atoms with Crippen LogP contribution in [0, 0.1) is 11.3 Å². The van der Waals surface area contributed by atoms with Crippen LogP contribution in [0.1, 0.15) is 11.1 Å². The number of aliphatic imine (C=N–C) groups is 1. The molecular weight excluding hydrogens is 414 g/mol. The number of rotatable bonds is 6. The van der Waals surface area contributed by atoms with Crippen LogP contribution in [0.2, 0.25) is 0 Å². The molecule has 8 nitrogen and oxygen atoms in total. The van der Waals surface area contributed by atoms with Gasteiger partial charge in [-0.3, -0.25) is 4.79 Å². The van der Waals surface area contributed by atoms with Crippen LogP contribution in [-0.2, 0) is 6.54 Å². The summed E-state index contributed by atoms with van der Waals surface area (Å²) in [6, 6.07) is 20.1. The van der Waals surface area contributed by atoms with Gasteiger partial charge in [0.2, 0.25) is 0 Å². The summed E-state index contributed by atoms with van der Waals surface area (Å²) in [7, 11) is 3.79. The molecule has 4 rings (SSSR count). The van der Waals surface area contributed by atoms with E-state index >= 15 is 0 Å². The first-order valence-electron chi connectivity index (χ1n) is 10.2. The summed E-state index contributed by atoms with van der Waals surface area (Å²) in [6.45, 7) is 0.308. The summed E-state index contributed by atoms with van der Waals surface area (Å²) in [5.41, 5.74) is 4.28. The second-order valence-electron chi connectivity index (χ2n) is 7.58. The molecule has 0 aliphatic carbocycles. The zero-order valence-corrected chi connectivity index (χ0v) is 18.3. The van der Waals surface area contributed by atoms with Gasteiger partial charge in [-0.2, -0.15) is 10.4 Å². The number of benzene rings is 2. The molecule has 0 radical (unpaired) electrons. The normalized spacial score (nSPS) is 10.8. The third kappa shape index (κ3) is 5.35. The highest BCUT2D eigenvalue weighted by Gasteiger charge is 2.07. The van der Waals surface area contributed by atoms with E-state index in [0.29, 0.717) is 29.3 Å². The van der Waals surface area contributed by atoms with E-state index in [0.717, 1.165) is 16.7 Å². The van der Waals surface area contributed by atoms with Crippen LogP contribution in [-0.4, -0.2) is 45.1 Å². The molecule has 0 bridgehead atoms. The third-order valence-electron chi connectivity index (χ3n) is 4.77. The number of aromatic nitrogens is 4. The molecule has 162 valence electrons. The van der Waals surface area contributed by atoms with Crippen molar-refractivity contribution in [1.82, 2.24) is 24.6 Å². The van der Waals surface area contributed by atoms with Crippen molar-refractivity contribution >= 4 is 12.0 Å². The van der Waals surface area contributed by atoms with E-state index in [1.165, 1.54) is 10.7 Å². The van der Waals surface area contributed by atoms with Gasteiger partial charge in [-0.05, 0) is 29.8 Å². The Hall–Kier alpha value is -4.64. The van der Waals surface area contributed by atoms with E-state index in [4.69, 9.17) is 5.26 Å². The van der Waals surface area contributed by atoms with Gasteiger partial charge in [0.15, 0.2) is 5.82 Å². The lowest BCUT2D eigenvalue weighted by Crippen LogP contribution is -2.22. The summed E-state index contributed by atoms with van der Waals surface area (Å²) < 4.78 is 1.42. The number of hydrogen-bond donors (Lipinski definition) is 0. The Morgan fingerprint density at radius 3 is 2.48 bits per heavy atom. The fourth-order valence-electron chi connectivity index (χ4n) is 3.13. The van der Waals surface area contributed by atoms with Crippen LogP contribution in [0.4, 0.5) is 5.69 Å². The number of nitriles is 1. The van der Waals surface area contributed by atoms with Crippen molar-refractivity contribution < 1.29 is 0 Å². The molecule has 0 spiro atoms. The topological polar surface area (TPSA) is 100 Å². The van der Waals surface area contributed by atoms with Crippen LogP contribution in [0.15, 0.2) is 82.8 Å². The minimum atomic E-state index is -0.197. The lowest BCUT2D eigenvalue weighted by atomic mass is 10.1. The first kappa shape index (κ1) is 21.6. The Labute approximate surface area is 191 Å². The van der Waals surface area contributed by atoms with Crippen LogP contribution >= 0.6 is 0 Å². The quantitative estimate of drug-likeness (QED) is 0.339. The Kier molecular flexibility index (Phi) is 6.32. The molecule has 2 heterocycles. The zero-order chi connectivity index (χ0) is 23.2. The smallest absolute Gasteiger partial charge is 0.267 e.